The smallest absolute Gasteiger partial charge is 0.265 e. The van der Waals surface area contributed by atoms with Gasteiger partial charge in [0.25, 0.3) is 5.91 Å². The maximum Gasteiger partial charge on any atom is 0.265 e. The van der Waals surface area contributed by atoms with Crippen LogP contribution in [0.15, 0.2) is 60.7 Å². The van der Waals surface area contributed by atoms with Crippen LogP contribution >= 0.6 is 11.6 Å². The third-order valence-corrected chi connectivity index (χ3v) is 6.46. The van der Waals surface area contributed by atoms with Gasteiger partial charge in [0.2, 0.25) is 5.91 Å². The van der Waals surface area contributed by atoms with Crippen molar-refractivity contribution in [3.8, 4) is 5.75 Å². The lowest BCUT2D eigenvalue weighted by molar-refractivity contribution is -0.127. The molecule has 0 radical (unpaired) electrons. The summed E-state index contributed by atoms with van der Waals surface area (Å²) in [6.07, 6.45) is 4.12. The maximum absolute atomic E-state index is 13.8. The number of para-hydroxylation sites is 1. The standard InChI is InChI=1S/C25H23ClN2O3/c26-19-11-5-6-12-20(19)28-22(29)15-31-21-14-13-16-7-1-4-10-18(16)23(21)24(28)25(30)27-17-8-2-3-9-17/h1,4-7,10-14,17,24H,2-3,8-9,15H2,(H,27,30). The quantitative estimate of drug-likeness (QED) is 0.629. The molecule has 0 bridgehead atoms. The molecule has 2 aliphatic rings. The first-order chi connectivity index (χ1) is 15.1. The normalized spacial score (nSPS) is 19.1. The summed E-state index contributed by atoms with van der Waals surface area (Å²) in [5, 5.41) is 5.48. The molecule has 5 nitrogen and oxygen atoms in total. The van der Waals surface area contributed by atoms with Crippen LogP contribution in [-0.2, 0) is 9.59 Å². The molecule has 1 heterocycles. The molecule has 0 saturated heterocycles. The van der Waals surface area contributed by atoms with Crippen LogP contribution in [0.3, 0.4) is 0 Å². The van der Waals surface area contributed by atoms with Crippen molar-refractivity contribution in [1.82, 2.24) is 5.32 Å². The van der Waals surface area contributed by atoms with Crippen molar-refractivity contribution in [2.75, 3.05) is 11.5 Å². The van der Waals surface area contributed by atoms with Crippen molar-refractivity contribution < 1.29 is 14.3 Å². The summed E-state index contributed by atoms with van der Waals surface area (Å²) in [5.41, 5.74) is 1.20. The molecular formula is C25H23ClN2O3. The van der Waals surface area contributed by atoms with Crippen molar-refractivity contribution in [2.24, 2.45) is 0 Å². The molecular weight excluding hydrogens is 412 g/mol. The van der Waals surface area contributed by atoms with Crippen molar-refractivity contribution >= 4 is 39.9 Å². The Hall–Kier alpha value is -3.05. The van der Waals surface area contributed by atoms with Crippen LogP contribution in [0.2, 0.25) is 5.02 Å². The molecule has 2 amide bonds. The zero-order chi connectivity index (χ0) is 21.4. The van der Waals surface area contributed by atoms with E-state index in [9.17, 15) is 9.59 Å². The molecule has 5 rings (SSSR count). The first-order valence-corrected chi connectivity index (χ1v) is 11.0. The number of amides is 2. The number of fused-ring (bicyclic) bond motifs is 3. The number of hydrogen-bond donors (Lipinski definition) is 1. The second-order valence-electron chi connectivity index (χ2n) is 8.09. The minimum atomic E-state index is -0.878. The van der Waals surface area contributed by atoms with Crippen molar-refractivity contribution in [3.63, 3.8) is 0 Å². The maximum atomic E-state index is 13.8. The van der Waals surface area contributed by atoms with Crippen molar-refractivity contribution in [2.45, 2.75) is 37.8 Å². The van der Waals surface area contributed by atoms with Gasteiger partial charge in [-0.15, -0.1) is 0 Å². The van der Waals surface area contributed by atoms with E-state index in [-0.39, 0.29) is 24.5 Å². The zero-order valence-electron chi connectivity index (χ0n) is 17.0. The number of ether oxygens (including phenoxy) is 1. The third kappa shape index (κ3) is 3.63. The Morgan fingerprint density at radius 1 is 1.00 bits per heavy atom. The molecule has 0 aromatic heterocycles. The van der Waals surface area contributed by atoms with E-state index >= 15 is 0 Å². The van der Waals surface area contributed by atoms with Gasteiger partial charge in [-0.3, -0.25) is 14.5 Å². The van der Waals surface area contributed by atoms with Gasteiger partial charge in [0.1, 0.15) is 11.8 Å². The van der Waals surface area contributed by atoms with E-state index < -0.39 is 6.04 Å². The second kappa shape index (κ2) is 8.23. The van der Waals surface area contributed by atoms with Gasteiger partial charge >= 0.3 is 0 Å². The van der Waals surface area contributed by atoms with Gasteiger partial charge in [-0.25, -0.2) is 0 Å². The van der Waals surface area contributed by atoms with E-state index in [0.29, 0.717) is 22.0 Å². The predicted octanol–water partition coefficient (Wildman–Crippen LogP) is 5.02. The van der Waals surface area contributed by atoms with Gasteiger partial charge in [-0.2, -0.15) is 0 Å². The number of hydrogen-bond acceptors (Lipinski definition) is 3. The fourth-order valence-corrected chi connectivity index (χ4v) is 4.91. The molecule has 3 aromatic rings. The Morgan fingerprint density at radius 3 is 2.55 bits per heavy atom. The summed E-state index contributed by atoms with van der Waals surface area (Å²) in [7, 11) is 0. The van der Waals surface area contributed by atoms with Gasteiger partial charge in [-0.1, -0.05) is 66.9 Å². The van der Waals surface area contributed by atoms with Gasteiger partial charge < -0.3 is 10.1 Å². The Morgan fingerprint density at radius 2 is 1.74 bits per heavy atom. The van der Waals surface area contributed by atoms with E-state index in [1.807, 2.05) is 48.5 Å². The average molecular weight is 435 g/mol. The molecule has 31 heavy (non-hydrogen) atoms. The Kier molecular flexibility index (Phi) is 5.28. The van der Waals surface area contributed by atoms with Gasteiger partial charge in [0, 0.05) is 11.6 Å². The first kappa shape index (κ1) is 19.9. The van der Waals surface area contributed by atoms with Crippen LogP contribution in [0.25, 0.3) is 10.8 Å². The fraction of sp³-hybridized carbons (Fsp3) is 0.280. The van der Waals surface area contributed by atoms with Crippen molar-refractivity contribution in [1.29, 1.82) is 0 Å². The summed E-state index contributed by atoms with van der Waals surface area (Å²) >= 11 is 6.50. The molecule has 1 atom stereocenters. The molecule has 1 aliphatic heterocycles. The number of anilines is 1. The summed E-state index contributed by atoms with van der Waals surface area (Å²) in [6, 6.07) is 18.0. The SMILES string of the molecule is O=C(NC1CCCC1)C1c2c(ccc3ccccc23)OCC(=O)N1c1ccccc1Cl. The summed E-state index contributed by atoms with van der Waals surface area (Å²) < 4.78 is 5.90. The molecule has 0 spiro atoms. The summed E-state index contributed by atoms with van der Waals surface area (Å²) in [4.78, 5) is 28.5. The Balaban J connectivity index is 1.71. The van der Waals surface area contributed by atoms with E-state index in [4.69, 9.17) is 16.3 Å². The number of nitrogens with zero attached hydrogens (tertiary/aromatic N) is 1. The lowest BCUT2D eigenvalue weighted by Crippen LogP contribution is -2.46. The largest absolute Gasteiger partial charge is 0.483 e. The molecule has 3 aromatic carbocycles. The van der Waals surface area contributed by atoms with E-state index in [0.717, 1.165) is 36.5 Å². The number of carbonyl (C=O) groups is 2. The molecule has 1 unspecified atom stereocenters. The van der Waals surface area contributed by atoms with Crippen LogP contribution in [-0.4, -0.2) is 24.5 Å². The number of carbonyl (C=O) groups excluding carboxylic acids is 2. The van der Waals surface area contributed by atoms with Crippen molar-refractivity contribution in [3.05, 3.63) is 71.2 Å². The minimum Gasteiger partial charge on any atom is -0.483 e. The highest BCUT2D eigenvalue weighted by Gasteiger charge is 2.40. The highest BCUT2D eigenvalue weighted by atomic mass is 35.5. The van der Waals surface area contributed by atoms with E-state index in [1.165, 1.54) is 4.90 Å². The van der Waals surface area contributed by atoms with E-state index in [1.54, 1.807) is 12.1 Å². The lowest BCUT2D eigenvalue weighted by Gasteiger charge is -2.31. The fourth-order valence-electron chi connectivity index (χ4n) is 4.68. The minimum absolute atomic E-state index is 0.123. The first-order valence-electron chi connectivity index (χ1n) is 10.6. The van der Waals surface area contributed by atoms with Gasteiger partial charge in [-0.05, 0) is 41.8 Å². The summed E-state index contributed by atoms with van der Waals surface area (Å²) in [5.74, 6) is 0.0383. The van der Waals surface area contributed by atoms with Gasteiger partial charge in [0.05, 0.1) is 10.7 Å². The predicted molar refractivity (Wildman–Crippen MR) is 122 cm³/mol. The highest BCUT2D eigenvalue weighted by Crippen LogP contribution is 2.42. The Labute approximate surface area is 185 Å². The van der Waals surface area contributed by atoms with Crippen LogP contribution in [0.1, 0.15) is 37.3 Å². The topological polar surface area (TPSA) is 58.6 Å². The lowest BCUT2D eigenvalue weighted by atomic mass is 9.95. The molecule has 6 heteroatoms. The Bertz CT molecular complexity index is 1160. The highest BCUT2D eigenvalue weighted by molar-refractivity contribution is 6.34. The number of halogens is 1. The number of nitrogens with one attached hydrogen (secondary N) is 1. The average Bonchev–Trinajstić information content (AvgIpc) is 3.24. The monoisotopic (exact) mass is 434 g/mol. The number of rotatable bonds is 3. The molecule has 1 saturated carbocycles. The second-order valence-corrected chi connectivity index (χ2v) is 8.50. The van der Waals surface area contributed by atoms with Crippen LogP contribution in [0.5, 0.6) is 5.75 Å². The third-order valence-electron chi connectivity index (χ3n) is 6.14. The number of benzene rings is 3. The van der Waals surface area contributed by atoms with E-state index in [2.05, 4.69) is 5.32 Å². The van der Waals surface area contributed by atoms with Crippen LogP contribution < -0.4 is 15.0 Å². The molecule has 1 aliphatic carbocycles. The van der Waals surface area contributed by atoms with Crippen LogP contribution in [0, 0.1) is 0 Å². The summed E-state index contributed by atoms with van der Waals surface area (Å²) in [6.45, 7) is -0.163. The molecule has 1 N–H and O–H groups in total. The zero-order valence-corrected chi connectivity index (χ0v) is 17.8. The van der Waals surface area contributed by atoms with Gasteiger partial charge in [0.15, 0.2) is 6.61 Å². The molecule has 1 fully saturated rings. The van der Waals surface area contributed by atoms with Crippen LogP contribution in [0.4, 0.5) is 5.69 Å². The molecule has 158 valence electrons.